The molecule has 0 saturated heterocycles. The average Bonchev–Trinajstić information content (AvgIpc) is 3.20. The molecule has 0 fully saturated rings. The van der Waals surface area contributed by atoms with Gasteiger partial charge in [0, 0.05) is 89.8 Å². The number of anilines is 2. The van der Waals surface area contributed by atoms with Crippen LogP contribution < -0.4 is 8.61 Å². The van der Waals surface area contributed by atoms with Gasteiger partial charge in [0.25, 0.3) is 0 Å². The third-order valence-corrected chi connectivity index (χ3v) is 11.9. The molecule has 18 nitrogen and oxygen atoms in total. The number of rotatable bonds is 20. The van der Waals surface area contributed by atoms with Crippen LogP contribution in [0.25, 0.3) is 34.7 Å². The molecule has 0 bridgehead atoms. The third kappa shape index (κ3) is 18.1. The molecule has 0 saturated carbocycles. The van der Waals surface area contributed by atoms with Crippen LogP contribution in [-0.4, -0.2) is 168 Å². The van der Waals surface area contributed by atoms with E-state index < -0.39 is 80.9 Å². The Kier molecular flexibility index (Phi) is 22.5. The van der Waals surface area contributed by atoms with E-state index in [1.165, 1.54) is 86.9 Å². The van der Waals surface area contributed by atoms with E-state index in [0.29, 0.717) is 45.0 Å². The van der Waals surface area contributed by atoms with Crippen molar-refractivity contribution < 1.29 is 68.7 Å². The summed E-state index contributed by atoms with van der Waals surface area (Å²) in [4.78, 5) is 39.1. The molecule has 0 aliphatic carbocycles. The van der Waals surface area contributed by atoms with Crippen molar-refractivity contribution in [3.05, 3.63) is 94.8 Å². The van der Waals surface area contributed by atoms with Gasteiger partial charge >= 0.3 is 11.9 Å². The minimum atomic E-state index is -3.65. The number of nitrogens with zero attached hydrogens (tertiary/aromatic N) is 6. The molecule has 0 aliphatic rings. The van der Waals surface area contributed by atoms with E-state index >= 15 is 0 Å². The van der Waals surface area contributed by atoms with Gasteiger partial charge in [-0.3, -0.25) is 9.59 Å². The van der Waals surface area contributed by atoms with Gasteiger partial charge in [0.2, 0.25) is 31.9 Å². The molecule has 2 radical (unpaired) electrons. The van der Waals surface area contributed by atoms with Crippen LogP contribution in [0.2, 0.25) is 0 Å². The number of aromatic nitrogens is 4. The molecule has 0 amide bonds. The summed E-state index contributed by atoms with van der Waals surface area (Å²) in [7, 11) is -4.65. The van der Waals surface area contributed by atoms with Gasteiger partial charge in [0.05, 0.1) is 72.5 Å². The van der Waals surface area contributed by atoms with Crippen molar-refractivity contribution in [3.8, 4) is 22.5 Å². The van der Waals surface area contributed by atoms with Gasteiger partial charge < -0.3 is 30.6 Å². The van der Waals surface area contributed by atoms with Gasteiger partial charge in [-0.05, 0) is 60.4 Å². The Morgan fingerprint density at radius 2 is 0.910 bits per heavy atom. The first kappa shape index (κ1) is 58.6. The summed E-state index contributed by atoms with van der Waals surface area (Å²) >= 11 is 0. The number of halogens is 2. The molecule has 366 valence electrons. The smallest absolute Gasteiger partial charge is 0.305 e. The van der Waals surface area contributed by atoms with E-state index in [4.69, 9.17) is 10.2 Å². The maximum absolute atomic E-state index is 13.5. The Bertz CT molecular complexity index is 2440. The molecule has 4 atom stereocenters. The molecule has 2 aromatic carbocycles. The van der Waals surface area contributed by atoms with Gasteiger partial charge in [-0.15, -0.1) is 0 Å². The van der Waals surface area contributed by atoms with Crippen LogP contribution in [0.5, 0.6) is 0 Å². The standard InChI is InChI=1S/2C22H28FN3O6S.Ca.2H2/c2*1-13(2)20-18(10-9-16(27)11-17(28)12-19(29)30)21(14-5-7-15(23)8-6-14)25-22(24-20)26(3)33(4,31)32;;;/h2*5-10,13,16-17,27-28H,11-12H2,1-4H3,(H,29,30);;2*1H. The summed E-state index contributed by atoms with van der Waals surface area (Å²) < 4.78 is 77.2. The molecule has 6 N–H and O–H groups in total. The quantitative estimate of drug-likeness (QED) is 0.0641. The number of aliphatic hydroxyl groups excluding tert-OH is 4. The summed E-state index contributed by atoms with van der Waals surface area (Å²) in [5.41, 5.74) is 3.60. The van der Waals surface area contributed by atoms with Crippen molar-refractivity contribution in [2.24, 2.45) is 0 Å². The number of hydrogen-bond acceptors (Lipinski definition) is 14. The van der Waals surface area contributed by atoms with Crippen molar-refractivity contribution >= 4 is 93.8 Å². The van der Waals surface area contributed by atoms with Crippen molar-refractivity contribution in [2.45, 2.75) is 89.6 Å². The normalized spacial score (nSPS) is 13.7. The summed E-state index contributed by atoms with van der Waals surface area (Å²) in [5, 5.41) is 57.6. The first-order valence-electron chi connectivity index (χ1n) is 20.3. The van der Waals surface area contributed by atoms with E-state index in [9.17, 15) is 55.6 Å². The monoisotopic (exact) mass is 1010 g/mol. The van der Waals surface area contributed by atoms with E-state index in [-0.39, 0.29) is 77.2 Å². The van der Waals surface area contributed by atoms with E-state index in [0.717, 1.165) is 21.1 Å². The number of aliphatic carboxylic acids is 2. The second-order valence-corrected chi connectivity index (χ2v) is 20.0. The fourth-order valence-electron chi connectivity index (χ4n) is 6.09. The van der Waals surface area contributed by atoms with E-state index in [1.807, 2.05) is 27.7 Å². The Morgan fingerprint density at radius 3 is 1.16 bits per heavy atom. The second kappa shape index (κ2) is 25.7. The largest absolute Gasteiger partial charge is 0.481 e. The van der Waals surface area contributed by atoms with Crippen LogP contribution >= 0.6 is 0 Å². The number of aliphatic hydroxyl groups is 4. The number of carbonyl (C=O) groups is 2. The molecular formula is C44H60CaF2N6O12S2. The number of carboxylic acid groups (broad SMARTS) is 2. The first-order chi connectivity index (χ1) is 30.6. The van der Waals surface area contributed by atoms with Crippen molar-refractivity contribution in [2.75, 3.05) is 35.2 Å². The molecule has 67 heavy (non-hydrogen) atoms. The summed E-state index contributed by atoms with van der Waals surface area (Å²) in [6.07, 6.45) is 1.72. The molecule has 4 rings (SSSR count). The maximum Gasteiger partial charge on any atom is 0.305 e. The Labute approximate surface area is 421 Å². The fraction of sp³-hybridized carbons (Fsp3) is 0.409. The zero-order valence-corrected chi connectivity index (χ0v) is 42.2. The summed E-state index contributed by atoms with van der Waals surface area (Å²) in [5.74, 6) is -3.74. The van der Waals surface area contributed by atoms with Crippen LogP contribution in [0.15, 0.2) is 60.7 Å². The van der Waals surface area contributed by atoms with Crippen molar-refractivity contribution in [3.63, 3.8) is 0 Å². The Hall–Kier alpha value is -4.52. The molecular weight excluding hydrogens is 947 g/mol. The number of benzene rings is 2. The van der Waals surface area contributed by atoms with Crippen LogP contribution in [-0.2, 0) is 29.6 Å². The first-order valence-corrected chi connectivity index (χ1v) is 24.0. The number of hydrogen-bond donors (Lipinski definition) is 6. The van der Waals surface area contributed by atoms with Gasteiger partial charge in [-0.25, -0.2) is 54.2 Å². The molecule has 0 spiro atoms. The average molecular weight is 1010 g/mol. The predicted octanol–water partition coefficient (Wildman–Crippen LogP) is 4.91. The molecule has 2 heterocycles. The minimum absolute atomic E-state index is 0. The fourth-order valence-corrected chi connectivity index (χ4v) is 6.85. The molecule has 2 aromatic heterocycles. The Balaban J connectivity index is 0.00000128. The molecule has 4 aromatic rings. The number of carboxylic acids is 2. The van der Waals surface area contributed by atoms with Crippen LogP contribution in [0.1, 0.15) is 90.6 Å². The third-order valence-electron chi connectivity index (χ3n) is 9.63. The van der Waals surface area contributed by atoms with Gasteiger partial charge in [-0.2, -0.15) is 0 Å². The van der Waals surface area contributed by atoms with Gasteiger partial charge in [0.15, 0.2) is 0 Å². The van der Waals surface area contributed by atoms with E-state index in [2.05, 4.69) is 19.9 Å². The zero-order chi connectivity index (χ0) is 49.8. The van der Waals surface area contributed by atoms with Crippen LogP contribution in [0.4, 0.5) is 20.7 Å². The molecule has 23 heteroatoms. The molecule has 4 unspecified atom stereocenters. The molecule has 0 aliphatic heterocycles. The van der Waals surface area contributed by atoms with Crippen molar-refractivity contribution in [1.82, 2.24) is 19.9 Å². The van der Waals surface area contributed by atoms with E-state index in [1.54, 1.807) is 0 Å². The number of sulfonamides is 2. The predicted molar refractivity (Wildman–Crippen MR) is 255 cm³/mol. The van der Waals surface area contributed by atoms with Crippen molar-refractivity contribution in [1.29, 1.82) is 0 Å². The van der Waals surface area contributed by atoms with Gasteiger partial charge in [-0.1, -0.05) is 52.0 Å². The van der Waals surface area contributed by atoms with Crippen LogP contribution in [0.3, 0.4) is 0 Å². The van der Waals surface area contributed by atoms with Crippen LogP contribution in [0, 0.1) is 11.6 Å². The SMILES string of the molecule is CC(C)c1nc(N(C)S(C)(=O)=O)nc(-c2ccc(F)cc2)c1C=CC(O)CC(O)CC(=O)O.CC(C)c1nc(N(C)S(C)(=O)=O)nc(-c2ccc(F)cc2)c1C=CC(O)CC(O)CC(=O)O.[Ca].[HH].[HH]. The maximum atomic E-state index is 13.5. The summed E-state index contributed by atoms with van der Waals surface area (Å²) in [6.45, 7) is 7.41. The Morgan fingerprint density at radius 1 is 0.612 bits per heavy atom. The topological polar surface area (TPSA) is 282 Å². The van der Waals surface area contributed by atoms with Gasteiger partial charge in [0.1, 0.15) is 11.6 Å². The second-order valence-electron chi connectivity index (χ2n) is 16.0. The minimum Gasteiger partial charge on any atom is -0.481 e. The zero-order valence-electron chi connectivity index (χ0n) is 38.3. The summed E-state index contributed by atoms with van der Waals surface area (Å²) in [6, 6.07) is 11.0.